The van der Waals surface area contributed by atoms with Gasteiger partial charge in [0, 0.05) is 23.0 Å². The molecule has 0 bridgehead atoms. The molecule has 0 saturated carbocycles. The van der Waals surface area contributed by atoms with E-state index in [9.17, 15) is 13.2 Å². The molecule has 2 aromatic carbocycles. The Kier molecular flexibility index (Phi) is 6.19. The van der Waals surface area contributed by atoms with Crippen LogP contribution < -0.4 is 4.72 Å². The Hall–Kier alpha value is -3.10. The third-order valence-corrected chi connectivity index (χ3v) is 10.6. The van der Waals surface area contributed by atoms with E-state index < -0.39 is 10.0 Å². The summed E-state index contributed by atoms with van der Waals surface area (Å²) in [5.41, 5.74) is 6.65. The number of hydrogen-bond donors (Lipinski definition) is 1. The number of sulfonamides is 1. The van der Waals surface area contributed by atoms with Crippen LogP contribution in [-0.4, -0.2) is 43.6 Å². The molecular weight excluding hydrogens is 510 g/mol. The Balaban J connectivity index is 1.53. The fourth-order valence-electron chi connectivity index (χ4n) is 7.54. The fraction of sp³-hybridized carbons (Fsp3) is 0.452. The highest BCUT2D eigenvalue weighted by Gasteiger charge is 2.51. The van der Waals surface area contributed by atoms with Crippen LogP contribution in [-0.2, 0) is 26.0 Å². The number of benzene rings is 2. The number of aryl methyl sites for hydroxylation is 3. The van der Waals surface area contributed by atoms with E-state index in [1.54, 1.807) is 0 Å². The van der Waals surface area contributed by atoms with Crippen LogP contribution >= 0.6 is 0 Å². The smallest absolute Gasteiger partial charge is 0.354 e. The predicted molar refractivity (Wildman–Crippen MR) is 154 cm³/mol. The number of nitrogens with one attached hydrogen (secondary N) is 1. The molecule has 206 valence electrons. The number of carbonyl (C=O) groups is 1. The summed E-state index contributed by atoms with van der Waals surface area (Å²) in [5.74, 6) is -0.330. The minimum Gasteiger partial charge on any atom is -0.461 e. The number of piperidine rings is 1. The Morgan fingerprint density at radius 1 is 1.10 bits per heavy atom. The molecular formula is C31H37N3O4S. The molecule has 0 amide bonds. The van der Waals surface area contributed by atoms with Gasteiger partial charge in [-0.05, 0) is 94.8 Å². The summed E-state index contributed by atoms with van der Waals surface area (Å²) < 4.78 is 37.6. The molecule has 4 heterocycles. The first-order valence-corrected chi connectivity index (χ1v) is 15.5. The Morgan fingerprint density at radius 3 is 2.54 bits per heavy atom. The van der Waals surface area contributed by atoms with E-state index in [0.29, 0.717) is 22.9 Å². The SMILES string of the molecule is CCOC(=O)C1=C[C@@]2(CC)CCCN3CCc4c(n1c1cc(NS(=O)(=O)c5c(C)cc(C)cc5C)ccc41)[C@H]32. The molecule has 6 rings (SSSR count). The van der Waals surface area contributed by atoms with Crippen LogP contribution in [0.15, 0.2) is 41.3 Å². The minimum atomic E-state index is -3.82. The average molecular weight is 548 g/mol. The second-order valence-corrected chi connectivity index (χ2v) is 13.0. The Labute approximate surface area is 230 Å². The molecule has 7 nitrogen and oxygen atoms in total. The van der Waals surface area contributed by atoms with Crippen molar-refractivity contribution in [3.05, 3.63) is 64.4 Å². The highest BCUT2D eigenvalue weighted by Crippen LogP contribution is 2.57. The van der Waals surface area contributed by atoms with Crippen molar-refractivity contribution in [2.75, 3.05) is 24.4 Å². The number of aromatic nitrogens is 1. The summed E-state index contributed by atoms with van der Waals surface area (Å²) in [6.45, 7) is 12.0. The molecule has 1 saturated heterocycles. The molecule has 1 fully saturated rings. The van der Waals surface area contributed by atoms with E-state index in [-0.39, 0.29) is 17.4 Å². The number of anilines is 1. The van der Waals surface area contributed by atoms with Crippen LogP contribution in [0.25, 0.3) is 16.6 Å². The molecule has 3 aliphatic rings. The quantitative estimate of drug-likeness (QED) is 0.390. The van der Waals surface area contributed by atoms with Crippen LogP contribution in [0.5, 0.6) is 0 Å². The van der Waals surface area contributed by atoms with Crippen LogP contribution in [0.2, 0.25) is 0 Å². The summed E-state index contributed by atoms with van der Waals surface area (Å²) in [5, 5.41) is 1.07. The number of esters is 1. The van der Waals surface area contributed by atoms with Gasteiger partial charge in [0.05, 0.1) is 28.7 Å². The van der Waals surface area contributed by atoms with Gasteiger partial charge in [0.1, 0.15) is 5.70 Å². The summed E-state index contributed by atoms with van der Waals surface area (Å²) >= 11 is 0. The molecule has 0 spiro atoms. The van der Waals surface area contributed by atoms with E-state index in [2.05, 4.69) is 27.2 Å². The Bertz CT molecular complexity index is 1630. The van der Waals surface area contributed by atoms with Crippen molar-refractivity contribution in [3.63, 3.8) is 0 Å². The van der Waals surface area contributed by atoms with Crippen LogP contribution in [0.3, 0.4) is 0 Å². The van der Waals surface area contributed by atoms with Crippen molar-refractivity contribution in [3.8, 4) is 0 Å². The predicted octanol–water partition coefficient (Wildman–Crippen LogP) is 5.87. The largest absolute Gasteiger partial charge is 0.461 e. The maximum atomic E-state index is 13.6. The first-order chi connectivity index (χ1) is 18.6. The summed E-state index contributed by atoms with van der Waals surface area (Å²) in [6.07, 6.45) is 6.15. The van der Waals surface area contributed by atoms with Gasteiger partial charge in [-0.1, -0.05) is 30.7 Å². The number of nitrogens with zero attached hydrogens (tertiary/aromatic N) is 2. The maximum absolute atomic E-state index is 13.6. The van der Waals surface area contributed by atoms with Gasteiger partial charge in [-0.15, -0.1) is 0 Å². The van der Waals surface area contributed by atoms with Gasteiger partial charge < -0.3 is 9.30 Å². The van der Waals surface area contributed by atoms with Gasteiger partial charge in [0.25, 0.3) is 10.0 Å². The summed E-state index contributed by atoms with van der Waals surface area (Å²) in [7, 11) is -3.82. The second-order valence-electron chi connectivity index (χ2n) is 11.4. The van der Waals surface area contributed by atoms with E-state index >= 15 is 0 Å². The highest BCUT2D eigenvalue weighted by atomic mass is 32.2. The number of rotatable bonds is 6. The maximum Gasteiger partial charge on any atom is 0.354 e. The van der Waals surface area contributed by atoms with Crippen molar-refractivity contribution in [2.45, 2.75) is 71.2 Å². The third kappa shape index (κ3) is 3.94. The molecule has 1 aromatic heterocycles. The zero-order valence-corrected chi connectivity index (χ0v) is 24.2. The monoisotopic (exact) mass is 547 g/mol. The van der Waals surface area contributed by atoms with Crippen molar-refractivity contribution >= 4 is 38.3 Å². The number of carbonyl (C=O) groups excluding carboxylic acids is 1. The van der Waals surface area contributed by atoms with Gasteiger partial charge in [-0.2, -0.15) is 0 Å². The second kappa shape index (κ2) is 9.24. The van der Waals surface area contributed by atoms with Gasteiger partial charge >= 0.3 is 5.97 Å². The fourth-order valence-corrected chi connectivity index (χ4v) is 9.05. The molecule has 8 heteroatoms. The highest BCUT2D eigenvalue weighted by molar-refractivity contribution is 7.92. The number of ether oxygens (including phenoxy) is 1. The molecule has 0 unspecified atom stereocenters. The average Bonchev–Trinajstić information content (AvgIpc) is 3.20. The van der Waals surface area contributed by atoms with Gasteiger partial charge in [-0.25, -0.2) is 13.2 Å². The molecule has 0 radical (unpaired) electrons. The van der Waals surface area contributed by atoms with Crippen molar-refractivity contribution in [1.29, 1.82) is 0 Å². The molecule has 0 aliphatic carbocycles. The van der Waals surface area contributed by atoms with E-state index in [1.165, 1.54) is 11.3 Å². The standard InChI is InChI=1S/C31H37N3O4S/c1-6-31-12-8-13-33-14-11-24-23-10-9-22(32-39(36,37)28-20(4)15-19(3)16-21(28)5)17-25(23)34(27(24)29(31)33)26(18-31)30(35)38-7-2/h9-10,15-18,29,32H,6-8,11-14H2,1-5H3/t29-,31+/m0/s1. The van der Waals surface area contributed by atoms with Crippen molar-refractivity contribution in [2.24, 2.45) is 5.41 Å². The first-order valence-electron chi connectivity index (χ1n) is 14.0. The van der Waals surface area contributed by atoms with Crippen LogP contribution in [0, 0.1) is 26.2 Å². The lowest BCUT2D eigenvalue weighted by atomic mass is 9.66. The number of hydrogen-bond acceptors (Lipinski definition) is 5. The van der Waals surface area contributed by atoms with Gasteiger partial charge in [0.15, 0.2) is 0 Å². The lowest BCUT2D eigenvalue weighted by molar-refractivity contribution is -0.136. The van der Waals surface area contributed by atoms with E-state index in [4.69, 9.17) is 4.74 Å². The third-order valence-electron chi connectivity index (χ3n) is 8.95. The topological polar surface area (TPSA) is 80.6 Å². The number of fused-ring (bicyclic) bond motifs is 3. The lowest BCUT2D eigenvalue weighted by Crippen LogP contribution is -2.51. The lowest BCUT2D eigenvalue weighted by Gasteiger charge is -2.53. The van der Waals surface area contributed by atoms with Gasteiger partial charge in [0.2, 0.25) is 0 Å². The Morgan fingerprint density at radius 2 is 1.85 bits per heavy atom. The molecule has 1 N–H and O–H groups in total. The van der Waals surface area contributed by atoms with Gasteiger partial charge in [-0.3, -0.25) is 9.62 Å². The first kappa shape index (κ1) is 26.1. The molecule has 2 atom stereocenters. The van der Waals surface area contributed by atoms with Crippen molar-refractivity contribution in [1.82, 2.24) is 9.47 Å². The summed E-state index contributed by atoms with van der Waals surface area (Å²) in [4.78, 5) is 16.3. The molecule has 39 heavy (non-hydrogen) atoms. The van der Waals surface area contributed by atoms with Crippen LogP contribution in [0.4, 0.5) is 5.69 Å². The van der Waals surface area contributed by atoms with Crippen molar-refractivity contribution < 1.29 is 17.9 Å². The molecule has 3 aliphatic heterocycles. The zero-order valence-electron chi connectivity index (χ0n) is 23.4. The summed E-state index contributed by atoms with van der Waals surface area (Å²) in [6, 6.07) is 9.71. The van der Waals surface area contributed by atoms with E-state index in [1.807, 2.05) is 58.0 Å². The zero-order chi connectivity index (χ0) is 27.7. The van der Waals surface area contributed by atoms with E-state index in [0.717, 1.165) is 66.4 Å². The molecule has 3 aromatic rings. The minimum absolute atomic E-state index is 0.120. The van der Waals surface area contributed by atoms with Crippen LogP contribution in [0.1, 0.15) is 67.1 Å². The normalized spacial score (nSPS) is 22.4.